The topological polar surface area (TPSA) is 54.5 Å². The van der Waals surface area contributed by atoms with Crippen molar-refractivity contribution in [3.63, 3.8) is 0 Å². The molecule has 11 heteroatoms. The molecule has 1 N–H and O–H groups in total. The Kier molecular flexibility index (Phi) is 10.5. The van der Waals surface area contributed by atoms with E-state index in [1.807, 2.05) is 66.7 Å². The molecule has 0 fully saturated rings. The van der Waals surface area contributed by atoms with Crippen molar-refractivity contribution in [2.75, 3.05) is 13.3 Å². The number of amides is 1. The first-order valence-corrected chi connectivity index (χ1v) is 13.3. The number of hydrogen-bond donors (Lipinski definition) is 1. The molecule has 226 valence electrons. The minimum Gasteiger partial charge on any atom is -0.375 e. The number of rotatable bonds is 13. The molecule has 5 nitrogen and oxygen atoms in total. The molecular formula is C32H29F6N3O2. The first kappa shape index (κ1) is 31.7. The first-order valence-electron chi connectivity index (χ1n) is 13.3. The van der Waals surface area contributed by atoms with E-state index in [1.54, 1.807) is 18.5 Å². The van der Waals surface area contributed by atoms with Gasteiger partial charge in [-0.1, -0.05) is 66.7 Å². The molecule has 0 aliphatic heterocycles. The number of aromatic nitrogens is 1. The summed E-state index contributed by atoms with van der Waals surface area (Å²) < 4.78 is 86.1. The van der Waals surface area contributed by atoms with Crippen LogP contribution in [0.1, 0.15) is 39.3 Å². The zero-order valence-electron chi connectivity index (χ0n) is 22.9. The molecular weight excluding hydrogens is 572 g/mol. The molecule has 43 heavy (non-hydrogen) atoms. The average molecular weight is 602 g/mol. The lowest BCUT2D eigenvalue weighted by atomic mass is 9.85. The predicted octanol–water partition coefficient (Wildman–Crippen LogP) is 7.04. The van der Waals surface area contributed by atoms with Gasteiger partial charge in [-0.2, -0.15) is 26.3 Å². The Hall–Kier alpha value is -4.22. The zero-order chi connectivity index (χ0) is 30.9. The van der Waals surface area contributed by atoms with Gasteiger partial charge in [-0.15, -0.1) is 0 Å². The summed E-state index contributed by atoms with van der Waals surface area (Å²) in [5.74, 6) is -0.332. The van der Waals surface area contributed by atoms with Crippen LogP contribution in [0.25, 0.3) is 0 Å². The summed E-state index contributed by atoms with van der Waals surface area (Å²) in [7, 11) is 0. The second-order valence-corrected chi connectivity index (χ2v) is 9.91. The third kappa shape index (κ3) is 9.13. The van der Waals surface area contributed by atoms with Crippen molar-refractivity contribution in [1.82, 2.24) is 15.2 Å². The number of nitrogens with one attached hydrogen (secondary N) is 1. The van der Waals surface area contributed by atoms with E-state index >= 15 is 0 Å². The van der Waals surface area contributed by atoms with Crippen LogP contribution in [0.2, 0.25) is 0 Å². The monoisotopic (exact) mass is 601 g/mol. The molecule has 4 aromatic rings. The zero-order valence-corrected chi connectivity index (χ0v) is 22.9. The number of alkyl halides is 6. The predicted molar refractivity (Wildman–Crippen MR) is 148 cm³/mol. The Bertz CT molecular complexity index is 1360. The minimum atomic E-state index is -4.96. The van der Waals surface area contributed by atoms with Crippen LogP contribution >= 0.6 is 0 Å². The first-order chi connectivity index (χ1) is 20.5. The number of hydrogen-bond acceptors (Lipinski definition) is 4. The van der Waals surface area contributed by atoms with Crippen molar-refractivity contribution in [2.45, 2.75) is 37.5 Å². The van der Waals surface area contributed by atoms with Crippen LogP contribution in [0.4, 0.5) is 26.3 Å². The average Bonchev–Trinajstić information content (AvgIpc) is 2.99. The van der Waals surface area contributed by atoms with Gasteiger partial charge in [0, 0.05) is 30.9 Å². The second kappa shape index (κ2) is 14.3. The van der Waals surface area contributed by atoms with Gasteiger partial charge < -0.3 is 9.64 Å². The van der Waals surface area contributed by atoms with Gasteiger partial charge in [0.05, 0.1) is 31.0 Å². The van der Waals surface area contributed by atoms with E-state index in [4.69, 9.17) is 4.74 Å². The van der Waals surface area contributed by atoms with E-state index in [0.717, 1.165) is 16.7 Å². The molecule has 4 rings (SSSR count). The standard InChI is InChI=1S/C32H29F6N3O2/c33-31(34,35)27-14-24(15-28(16-27)32(36,37)38)19-43-20-29(40-21-41(22-42)18-23-8-7-13-39-17-23)30(25-9-3-1-4-10-25)26-11-5-2-6-12-26/h1-17,22,29-30,40H,18-21H2. The third-order valence-corrected chi connectivity index (χ3v) is 6.75. The Morgan fingerprint density at radius 1 is 0.791 bits per heavy atom. The molecule has 0 saturated carbocycles. The van der Waals surface area contributed by atoms with Gasteiger partial charge in [-0.05, 0) is 46.5 Å². The van der Waals surface area contributed by atoms with E-state index in [0.29, 0.717) is 18.5 Å². The normalized spacial score (nSPS) is 12.7. The molecule has 0 radical (unpaired) electrons. The number of carbonyl (C=O) groups excluding carboxylic acids is 1. The molecule has 1 atom stereocenters. The van der Waals surface area contributed by atoms with Gasteiger partial charge in [0.25, 0.3) is 0 Å². The Balaban J connectivity index is 1.60. The van der Waals surface area contributed by atoms with Crippen LogP contribution in [-0.2, 0) is 35.0 Å². The van der Waals surface area contributed by atoms with Crippen LogP contribution in [0, 0.1) is 0 Å². The highest BCUT2D eigenvalue weighted by Crippen LogP contribution is 2.36. The van der Waals surface area contributed by atoms with Crippen LogP contribution < -0.4 is 5.32 Å². The molecule has 1 amide bonds. The van der Waals surface area contributed by atoms with E-state index in [9.17, 15) is 31.1 Å². The fourth-order valence-corrected chi connectivity index (χ4v) is 4.75. The van der Waals surface area contributed by atoms with Gasteiger partial charge in [0.2, 0.25) is 6.41 Å². The molecule has 1 heterocycles. The van der Waals surface area contributed by atoms with Crippen molar-refractivity contribution in [2.24, 2.45) is 0 Å². The van der Waals surface area contributed by atoms with Crippen LogP contribution in [0.15, 0.2) is 103 Å². The number of benzene rings is 3. The van der Waals surface area contributed by atoms with Crippen molar-refractivity contribution >= 4 is 6.41 Å². The molecule has 0 bridgehead atoms. The van der Waals surface area contributed by atoms with Gasteiger partial charge in [0.15, 0.2) is 0 Å². The summed E-state index contributed by atoms with van der Waals surface area (Å²) >= 11 is 0. The van der Waals surface area contributed by atoms with E-state index in [-0.39, 0.29) is 37.4 Å². The van der Waals surface area contributed by atoms with Crippen LogP contribution in [-0.4, -0.2) is 35.6 Å². The highest BCUT2D eigenvalue weighted by molar-refractivity contribution is 5.47. The van der Waals surface area contributed by atoms with Gasteiger partial charge in [-0.3, -0.25) is 15.1 Å². The maximum absolute atomic E-state index is 13.4. The number of pyridine rings is 1. The van der Waals surface area contributed by atoms with Crippen molar-refractivity contribution in [3.8, 4) is 0 Å². The summed E-state index contributed by atoms with van der Waals surface area (Å²) in [6.45, 7) is -0.228. The van der Waals surface area contributed by atoms with Gasteiger partial charge in [0.1, 0.15) is 0 Å². The molecule has 0 spiro atoms. The minimum absolute atomic E-state index is 0.0877. The van der Waals surface area contributed by atoms with Crippen LogP contribution in [0.5, 0.6) is 0 Å². The highest BCUT2D eigenvalue weighted by Gasteiger charge is 2.37. The van der Waals surface area contributed by atoms with Crippen molar-refractivity contribution in [1.29, 1.82) is 0 Å². The Morgan fingerprint density at radius 2 is 1.37 bits per heavy atom. The number of halogens is 6. The fourth-order valence-electron chi connectivity index (χ4n) is 4.75. The third-order valence-electron chi connectivity index (χ3n) is 6.75. The lowest BCUT2D eigenvalue weighted by molar-refractivity contribution is -0.143. The molecule has 0 aliphatic rings. The lowest BCUT2D eigenvalue weighted by Gasteiger charge is -2.31. The van der Waals surface area contributed by atoms with Gasteiger partial charge in [-0.25, -0.2) is 0 Å². The van der Waals surface area contributed by atoms with Gasteiger partial charge >= 0.3 is 12.4 Å². The molecule has 1 aromatic heterocycles. The van der Waals surface area contributed by atoms with Crippen molar-refractivity contribution < 1.29 is 35.9 Å². The molecule has 3 aromatic carbocycles. The van der Waals surface area contributed by atoms with Crippen molar-refractivity contribution in [3.05, 3.63) is 137 Å². The molecule has 0 aliphatic carbocycles. The summed E-state index contributed by atoms with van der Waals surface area (Å²) in [6, 6.07) is 23.3. The number of nitrogens with zero attached hydrogens (tertiary/aromatic N) is 2. The Labute approximate surface area is 245 Å². The fraction of sp³-hybridized carbons (Fsp3) is 0.250. The SMILES string of the molecule is O=CN(CNC(COCc1cc(C(F)(F)F)cc(C(F)(F)F)c1)C(c1ccccc1)c1ccccc1)Cc1cccnc1. The van der Waals surface area contributed by atoms with E-state index in [1.165, 1.54) is 4.90 Å². The summed E-state index contributed by atoms with van der Waals surface area (Å²) in [5, 5.41) is 3.33. The van der Waals surface area contributed by atoms with E-state index < -0.39 is 36.1 Å². The lowest BCUT2D eigenvalue weighted by Crippen LogP contribution is -2.45. The molecule has 0 saturated heterocycles. The van der Waals surface area contributed by atoms with Crippen LogP contribution in [0.3, 0.4) is 0 Å². The second-order valence-electron chi connectivity index (χ2n) is 9.91. The largest absolute Gasteiger partial charge is 0.416 e. The summed E-state index contributed by atoms with van der Waals surface area (Å²) in [6.07, 6.45) is -5.99. The number of carbonyl (C=O) groups is 1. The summed E-state index contributed by atoms with van der Waals surface area (Å²) in [4.78, 5) is 17.5. The summed E-state index contributed by atoms with van der Waals surface area (Å²) in [5.41, 5.74) is -0.464. The highest BCUT2D eigenvalue weighted by atomic mass is 19.4. The maximum Gasteiger partial charge on any atom is 0.416 e. The Morgan fingerprint density at radius 3 is 1.86 bits per heavy atom. The molecule has 1 unspecified atom stereocenters. The maximum atomic E-state index is 13.4. The number of ether oxygens (including phenoxy) is 1. The van der Waals surface area contributed by atoms with E-state index in [2.05, 4.69) is 10.3 Å². The quantitative estimate of drug-likeness (QED) is 0.102. The smallest absolute Gasteiger partial charge is 0.375 e.